The van der Waals surface area contributed by atoms with Crippen molar-refractivity contribution < 1.29 is 8.91 Å². The van der Waals surface area contributed by atoms with E-state index in [9.17, 15) is 4.39 Å². The molecule has 0 radical (unpaired) electrons. The molecule has 1 saturated carbocycles. The summed E-state index contributed by atoms with van der Waals surface area (Å²) in [7, 11) is 0. The van der Waals surface area contributed by atoms with Gasteiger partial charge >= 0.3 is 0 Å². The molecule has 1 aliphatic rings. The zero-order valence-corrected chi connectivity index (χ0v) is 12.7. The second kappa shape index (κ2) is 5.26. The van der Waals surface area contributed by atoms with Crippen LogP contribution >= 0.6 is 0 Å². The molecule has 0 amide bonds. The van der Waals surface area contributed by atoms with Crippen LogP contribution in [-0.2, 0) is 5.41 Å². The molecule has 1 aliphatic carbocycles. The molecule has 0 spiro atoms. The van der Waals surface area contributed by atoms with E-state index in [2.05, 4.69) is 20.2 Å². The molecule has 0 saturated heterocycles. The summed E-state index contributed by atoms with van der Waals surface area (Å²) in [5.41, 5.74) is 0.767. The van der Waals surface area contributed by atoms with Crippen LogP contribution in [0.5, 0.6) is 0 Å². The Morgan fingerprint density at radius 3 is 2.65 bits per heavy atom. The molecular formula is C16H16FN5O. The second-order valence-electron chi connectivity index (χ2n) is 5.95. The topological polar surface area (TPSA) is 69.6 Å². The van der Waals surface area contributed by atoms with Crippen LogP contribution in [0.1, 0.15) is 49.5 Å². The van der Waals surface area contributed by atoms with Crippen molar-refractivity contribution in [1.29, 1.82) is 0 Å². The maximum Gasteiger partial charge on any atom is 0.251 e. The minimum Gasteiger partial charge on any atom is -0.337 e. The Morgan fingerprint density at radius 1 is 1.26 bits per heavy atom. The van der Waals surface area contributed by atoms with Crippen molar-refractivity contribution >= 4 is 0 Å². The molecular weight excluding hydrogens is 297 g/mol. The minimum atomic E-state index is -0.266. The summed E-state index contributed by atoms with van der Waals surface area (Å²) in [5.74, 6) is 0.924. The van der Waals surface area contributed by atoms with Gasteiger partial charge in [-0.05, 0) is 37.5 Å². The SMILES string of the molecule is CC(c1nc(C2(c3ccc(F)cc3)CCC2)no1)n1cncn1. The largest absolute Gasteiger partial charge is 0.337 e. The van der Waals surface area contributed by atoms with E-state index < -0.39 is 0 Å². The van der Waals surface area contributed by atoms with Gasteiger partial charge in [0, 0.05) is 0 Å². The Morgan fingerprint density at radius 2 is 2.04 bits per heavy atom. The minimum absolute atomic E-state index is 0.177. The fraction of sp³-hybridized carbons (Fsp3) is 0.375. The molecule has 6 nitrogen and oxygen atoms in total. The number of nitrogens with zero attached hydrogens (tertiary/aromatic N) is 5. The second-order valence-corrected chi connectivity index (χ2v) is 5.95. The average molecular weight is 313 g/mol. The van der Waals surface area contributed by atoms with Crippen molar-refractivity contribution in [2.24, 2.45) is 0 Å². The number of benzene rings is 1. The lowest BCUT2D eigenvalue weighted by Gasteiger charge is -2.39. The Bertz CT molecular complexity index is 792. The highest BCUT2D eigenvalue weighted by Crippen LogP contribution is 2.47. The Labute approximate surface area is 132 Å². The first-order chi connectivity index (χ1) is 11.2. The van der Waals surface area contributed by atoms with Crippen molar-refractivity contribution in [3.8, 4) is 0 Å². The molecule has 1 unspecified atom stereocenters. The third kappa shape index (κ3) is 2.23. The molecule has 2 aromatic heterocycles. The van der Waals surface area contributed by atoms with Gasteiger partial charge in [-0.2, -0.15) is 10.1 Å². The van der Waals surface area contributed by atoms with Crippen LogP contribution in [0.2, 0.25) is 0 Å². The van der Waals surface area contributed by atoms with Gasteiger partial charge in [0.1, 0.15) is 24.5 Å². The van der Waals surface area contributed by atoms with Gasteiger partial charge in [-0.1, -0.05) is 23.7 Å². The molecule has 2 heterocycles. The van der Waals surface area contributed by atoms with Gasteiger partial charge in [0.25, 0.3) is 5.89 Å². The lowest BCUT2D eigenvalue weighted by atomic mass is 9.64. The molecule has 0 bridgehead atoms. The molecule has 1 aromatic carbocycles. The molecule has 118 valence electrons. The van der Waals surface area contributed by atoms with Crippen LogP contribution in [0.25, 0.3) is 0 Å². The smallest absolute Gasteiger partial charge is 0.251 e. The molecule has 4 rings (SSSR count). The van der Waals surface area contributed by atoms with E-state index in [-0.39, 0.29) is 17.3 Å². The summed E-state index contributed by atoms with van der Waals surface area (Å²) in [5, 5.41) is 8.30. The van der Waals surface area contributed by atoms with Crippen molar-refractivity contribution in [2.75, 3.05) is 0 Å². The first kappa shape index (κ1) is 14.0. The summed E-state index contributed by atoms with van der Waals surface area (Å²) in [6.07, 6.45) is 6.07. The standard InChI is InChI=1S/C16H16FN5O/c1-11(22-10-18-9-19-22)14-20-15(21-23-14)16(7-2-8-16)12-3-5-13(17)6-4-12/h3-6,9-11H,2,7-8H2,1H3. The number of hydrogen-bond acceptors (Lipinski definition) is 5. The van der Waals surface area contributed by atoms with E-state index in [1.807, 2.05) is 19.1 Å². The third-order valence-corrected chi connectivity index (χ3v) is 4.66. The van der Waals surface area contributed by atoms with Gasteiger partial charge in [0.05, 0.1) is 5.41 Å². The molecule has 23 heavy (non-hydrogen) atoms. The van der Waals surface area contributed by atoms with Gasteiger partial charge in [-0.3, -0.25) is 0 Å². The summed E-state index contributed by atoms with van der Waals surface area (Å²) < 4.78 is 20.3. The molecule has 0 aliphatic heterocycles. The highest BCUT2D eigenvalue weighted by Gasteiger charge is 2.44. The lowest BCUT2D eigenvalue weighted by Crippen LogP contribution is -2.36. The summed E-state index contributed by atoms with van der Waals surface area (Å²) in [4.78, 5) is 8.53. The van der Waals surface area contributed by atoms with Crippen molar-refractivity contribution in [3.63, 3.8) is 0 Å². The van der Waals surface area contributed by atoms with Gasteiger partial charge in [-0.25, -0.2) is 14.1 Å². The van der Waals surface area contributed by atoms with Gasteiger partial charge < -0.3 is 4.52 Å². The van der Waals surface area contributed by atoms with E-state index in [0.717, 1.165) is 24.8 Å². The van der Waals surface area contributed by atoms with E-state index in [1.165, 1.54) is 18.5 Å². The highest BCUT2D eigenvalue weighted by molar-refractivity contribution is 5.35. The Kier molecular flexibility index (Phi) is 3.21. The maximum atomic E-state index is 13.2. The average Bonchev–Trinajstić information content (AvgIpc) is 3.19. The first-order valence-electron chi connectivity index (χ1n) is 7.63. The number of hydrogen-bond donors (Lipinski definition) is 0. The van der Waals surface area contributed by atoms with Crippen LogP contribution in [0.4, 0.5) is 4.39 Å². The van der Waals surface area contributed by atoms with Crippen LogP contribution in [0.3, 0.4) is 0 Å². The van der Waals surface area contributed by atoms with Crippen LogP contribution in [0, 0.1) is 5.82 Å². The highest BCUT2D eigenvalue weighted by atomic mass is 19.1. The third-order valence-electron chi connectivity index (χ3n) is 4.66. The van der Waals surface area contributed by atoms with Crippen LogP contribution in [-0.4, -0.2) is 24.9 Å². The summed E-state index contributed by atoms with van der Waals surface area (Å²) in [6.45, 7) is 1.93. The van der Waals surface area contributed by atoms with Crippen molar-refractivity contribution in [1.82, 2.24) is 24.9 Å². The van der Waals surface area contributed by atoms with Gasteiger partial charge in [-0.15, -0.1) is 0 Å². The zero-order chi connectivity index (χ0) is 15.9. The molecule has 7 heteroatoms. The molecule has 0 N–H and O–H groups in total. The number of rotatable bonds is 4. The quantitative estimate of drug-likeness (QED) is 0.740. The lowest BCUT2D eigenvalue weighted by molar-refractivity contribution is 0.268. The zero-order valence-electron chi connectivity index (χ0n) is 12.7. The predicted molar refractivity (Wildman–Crippen MR) is 79.2 cm³/mol. The Balaban J connectivity index is 1.68. The Hall–Kier alpha value is -2.57. The fourth-order valence-corrected chi connectivity index (χ4v) is 3.07. The predicted octanol–water partition coefficient (Wildman–Crippen LogP) is 2.88. The molecule has 1 fully saturated rings. The van der Waals surface area contributed by atoms with Crippen LogP contribution in [0.15, 0.2) is 41.4 Å². The number of halogens is 1. The molecule has 3 aromatic rings. The first-order valence-corrected chi connectivity index (χ1v) is 7.63. The summed E-state index contributed by atoms with van der Waals surface area (Å²) >= 11 is 0. The van der Waals surface area contributed by atoms with E-state index in [1.54, 1.807) is 11.0 Å². The van der Waals surface area contributed by atoms with E-state index in [4.69, 9.17) is 4.52 Å². The van der Waals surface area contributed by atoms with Crippen LogP contribution < -0.4 is 0 Å². The normalized spacial score (nSPS) is 17.7. The van der Waals surface area contributed by atoms with Crippen molar-refractivity contribution in [3.05, 3.63) is 60.0 Å². The fourth-order valence-electron chi connectivity index (χ4n) is 3.07. The maximum absolute atomic E-state index is 13.2. The number of aromatic nitrogens is 5. The molecule has 1 atom stereocenters. The van der Waals surface area contributed by atoms with Crippen molar-refractivity contribution in [2.45, 2.75) is 37.6 Å². The van der Waals surface area contributed by atoms with Gasteiger partial charge in [0.15, 0.2) is 5.82 Å². The summed E-state index contributed by atoms with van der Waals surface area (Å²) in [6, 6.07) is 6.41. The van der Waals surface area contributed by atoms with E-state index in [0.29, 0.717) is 11.7 Å². The van der Waals surface area contributed by atoms with E-state index >= 15 is 0 Å². The van der Waals surface area contributed by atoms with Gasteiger partial charge in [0.2, 0.25) is 0 Å². The monoisotopic (exact) mass is 313 g/mol.